The molecule has 2 aromatic carbocycles. The lowest BCUT2D eigenvalue weighted by Crippen LogP contribution is -2.53. The van der Waals surface area contributed by atoms with Crippen molar-refractivity contribution in [3.05, 3.63) is 83.7 Å². The summed E-state index contributed by atoms with van der Waals surface area (Å²) >= 11 is 0. The molecule has 3 rings (SSSR count). The van der Waals surface area contributed by atoms with Crippen LogP contribution in [0.1, 0.15) is 33.3 Å². The number of sulfonamides is 1. The molecule has 1 heterocycles. The van der Waals surface area contributed by atoms with Crippen molar-refractivity contribution in [3.8, 4) is 0 Å². The zero-order valence-corrected chi connectivity index (χ0v) is 20.7. The predicted molar refractivity (Wildman–Crippen MR) is 134 cm³/mol. The van der Waals surface area contributed by atoms with Crippen LogP contribution in [0, 0.1) is 0 Å². The molecule has 0 saturated heterocycles. The van der Waals surface area contributed by atoms with E-state index in [4.69, 9.17) is 4.42 Å². The number of hydrogen-bond donors (Lipinski definition) is 4. The van der Waals surface area contributed by atoms with Crippen LogP contribution in [0.2, 0.25) is 0 Å². The molecule has 3 aromatic rings. The van der Waals surface area contributed by atoms with Gasteiger partial charge in [0.15, 0.2) is 5.69 Å². The fraction of sp³-hybridized carbons (Fsp3) is 0.292. The minimum Gasteiger partial charge on any atom is -0.431 e. The lowest BCUT2D eigenvalue weighted by molar-refractivity contribution is 0.0470. The SMILES string of the molecule is CCN(C[C@@H](O)[C@H](Cc1ccccc1)NC(=O)c1coc(NS(C)(=O)=O)n1)NC(=O)c1ccccc1. The minimum atomic E-state index is -3.63. The number of amides is 2. The Labute approximate surface area is 209 Å². The summed E-state index contributed by atoms with van der Waals surface area (Å²) in [4.78, 5) is 29.2. The third kappa shape index (κ3) is 8.18. The highest BCUT2D eigenvalue weighted by molar-refractivity contribution is 7.91. The van der Waals surface area contributed by atoms with Crippen LogP contribution in [-0.2, 0) is 16.4 Å². The smallest absolute Gasteiger partial charge is 0.309 e. The van der Waals surface area contributed by atoms with Gasteiger partial charge in [-0.1, -0.05) is 55.5 Å². The number of oxazole rings is 1. The Kier molecular flexibility index (Phi) is 9.17. The maximum atomic E-state index is 12.8. The first-order valence-electron chi connectivity index (χ1n) is 11.2. The Morgan fingerprint density at radius 3 is 2.31 bits per heavy atom. The number of nitrogens with one attached hydrogen (secondary N) is 3. The van der Waals surface area contributed by atoms with Crippen LogP contribution in [0.5, 0.6) is 0 Å². The summed E-state index contributed by atoms with van der Waals surface area (Å²) in [6.45, 7) is 2.27. The summed E-state index contributed by atoms with van der Waals surface area (Å²) in [5.41, 5.74) is 3.96. The van der Waals surface area contributed by atoms with E-state index in [2.05, 4.69) is 20.4 Å². The Morgan fingerprint density at radius 2 is 1.69 bits per heavy atom. The van der Waals surface area contributed by atoms with Crippen molar-refractivity contribution >= 4 is 27.9 Å². The van der Waals surface area contributed by atoms with Crippen LogP contribution < -0.4 is 15.5 Å². The molecule has 2 amide bonds. The highest BCUT2D eigenvalue weighted by atomic mass is 32.2. The molecule has 36 heavy (non-hydrogen) atoms. The lowest BCUT2D eigenvalue weighted by Gasteiger charge is -2.29. The van der Waals surface area contributed by atoms with Crippen LogP contribution >= 0.6 is 0 Å². The number of rotatable bonds is 12. The number of hydrazine groups is 1. The van der Waals surface area contributed by atoms with Gasteiger partial charge in [0.25, 0.3) is 11.8 Å². The maximum Gasteiger partial charge on any atom is 0.309 e. The molecule has 0 unspecified atom stereocenters. The average Bonchev–Trinajstić information content (AvgIpc) is 3.31. The Morgan fingerprint density at radius 1 is 1.06 bits per heavy atom. The number of nitrogens with zero attached hydrogens (tertiary/aromatic N) is 2. The van der Waals surface area contributed by atoms with Crippen LogP contribution in [-0.4, -0.2) is 66.8 Å². The number of carbonyl (C=O) groups excluding carboxylic acids is 2. The van der Waals surface area contributed by atoms with Gasteiger partial charge in [-0.3, -0.25) is 15.0 Å². The minimum absolute atomic E-state index is 0.0343. The summed E-state index contributed by atoms with van der Waals surface area (Å²) in [5, 5.41) is 15.4. The van der Waals surface area contributed by atoms with E-state index < -0.39 is 28.1 Å². The number of hydrogen-bond acceptors (Lipinski definition) is 8. The number of anilines is 1. The third-order valence-electron chi connectivity index (χ3n) is 5.17. The van der Waals surface area contributed by atoms with Gasteiger partial charge in [-0.25, -0.2) is 18.1 Å². The molecule has 0 fully saturated rings. The zero-order chi connectivity index (χ0) is 26.1. The van der Waals surface area contributed by atoms with Gasteiger partial charge in [0, 0.05) is 18.7 Å². The van der Waals surface area contributed by atoms with Crippen molar-refractivity contribution < 1.29 is 27.5 Å². The zero-order valence-electron chi connectivity index (χ0n) is 19.9. The average molecular weight is 516 g/mol. The summed E-state index contributed by atoms with van der Waals surface area (Å²) in [6.07, 6.45) is 1.17. The van der Waals surface area contributed by atoms with Crippen LogP contribution in [0.3, 0.4) is 0 Å². The Hall–Kier alpha value is -3.74. The normalized spacial score (nSPS) is 13.1. The van der Waals surface area contributed by atoms with Gasteiger partial charge in [0.2, 0.25) is 10.0 Å². The first-order valence-corrected chi connectivity index (χ1v) is 13.1. The Balaban J connectivity index is 1.72. The van der Waals surface area contributed by atoms with Crippen LogP contribution in [0.25, 0.3) is 0 Å². The molecule has 1 aromatic heterocycles. The van der Waals surface area contributed by atoms with Gasteiger partial charge in [-0.05, 0) is 24.1 Å². The first-order chi connectivity index (χ1) is 17.1. The molecule has 0 aliphatic heterocycles. The molecule has 0 spiro atoms. The molecule has 0 aliphatic rings. The highest BCUT2D eigenvalue weighted by Gasteiger charge is 2.26. The number of aliphatic hydroxyl groups is 1. The molecule has 0 saturated carbocycles. The van der Waals surface area contributed by atoms with Crippen molar-refractivity contribution in [2.24, 2.45) is 0 Å². The molecule has 2 atom stereocenters. The van der Waals surface area contributed by atoms with Gasteiger partial charge in [0.1, 0.15) is 6.26 Å². The predicted octanol–water partition coefficient (Wildman–Crippen LogP) is 1.42. The van der Waals surface area contributed by atoms with E-state index >= 15 is 0 Å². The number of carbonyl (C=O) groups is 2. The topological polar surface area (TPSA) is 154 Å². The van der Waals surface area contributed by atoms with E-state index in [1.165, 1.54) is 0 Å². The fourth-order valence-electron chi connectivity index (χ4n) is 3.38. The van der Waals surface area contributed by atoms with Gasteiger partial charge < -0.3 is 14.8 Å². The van der Waals surface area contributed by atoms with Crippen LogP contribution in [0.4, 0.5) is 6.01 Å². The number of aliphatic hydroxyl groups excluding tert-OH is 1. The van der Waals surface area contributed by atoms with Crippen molar-refractivity contribution in [1.82, 2.24) is 20.7 Å². The van der Waals surface area contributed by atoms with E-state index in [1.807, 2.05) is 43.3 Å². The third-order valence-corrected chi connectivity index (χ3v) is 5.72. The van der Waals surface area contributed by atoms with Gasteiger partial charge in [0.05, 0.1) is 18.4 Å². The van der Waals surface area contributed by atoms with E-state index in [9.17, 15) is 23.1 Å². The summed E-state index contributed by atoms with van der Waals surface area (Å²) in [5.74, 6) is -0.974. The van der Waals surface area contributed by atoms with Crippen LogP contribution in [0.15, 0.2) is 71.3 Å². The first kappa shape index (κ1) is 26.9. The summed E-state index contributed by atoms with van der Waals surface area (Å²) in [7, 11) is -3.63. The van der Waals surface area contributed by atoms with Crippen molar-refractivity contribution in [2.75, 3.05) is 24.1 Å². The molecule has 12 heteroatoms. The second-order valence-electron chi connectivity index (χ2n) is 8.09. The molecular formula is C24H29N5O6S. The van der Waals surface area contributed by atoms with Gasteiger partial charge >= 0.3 is 6.01 Å². The number of benzene rings is 2. The second kappa shape index (κ2) is 12.3. The maximum absolute atomic E-state index is 12.8. The quantitative estimate of drug-likeness (QED) is 0.264. The molecule has 0 radical (unpaired) electrons. The molecule has 192 valence electrons. The lowest BCUT2D eigenvalue weighted by atomic mass is 10.0. The second-order valence-corrected chi connectivity index (χ2v) is 9.84. The number of likely N-dealkylation sites (N-methyl/N-ethyl adjacent to an activating group) is 1. The Bertz CT molecular complexity index is 1250. The largest absolute Gasteiger partial charge is 0.431 e. The summed E-state index contributed by atoms with van der Waals surface area (Å²) < 4.78 is 29.8. The van der Waals surface area contributed by atoms with E-state index in [0.29, 0.717) is 18.5 Å². The fourth-order valence-corrected chi connectivity index (χ4v) is 3.79. The molecular weight excluding hydrogens is 486 g/mol. The monoisotopic (exact) mass is 515 g/mol. The van der Waals surface area contributed by atoms with Crippen molar-refractivity contribution in [1.29, 1.82) is 0 Å². The summed E-state index contributed by atoms with van der Waals surface area (Å²) in [6, 6.07) is 16.9. The molecule has 4 N–H and O–H groups in total. The van der Waals surface area contributed by atoms with E-state index in [0.717, 1.165) is 18.1 Å². The molecule has 0 aliphatic carbocycles. The van der Waals surface area contributed by atoms with E-state index in [1.54, 1.807) is 29.3 Å². The van der Waals surface area contributed by atoms with Crippen molar-refractivity contribution in [2.45, 2.75) is 25.5 Å². The standard InChI is InChI=1S/C24H29N5O6S/c1-3-29(27-22(31)18-12-8-5-9-13-18)15-21(30)19(14-17-10-6-4-7-11-17)25-23(32)20-16-35-24(26-20)28-36(2,33)34/h4-13,16,19,21,30H,3,14-15H2,1-2H3,(H,25,32)(H,26,28)(H,27,31)/t19-,21+/m0/s1. The molecule has 11 nitrogen and oxygen atoms in total. The van der Waals surface area contributed by atoms with Gasteiger partial charge in [-0.15, -0.1) is 0 Å². The molecule has 0 bridgehead atoms. The van der Waals surface area contributed by atoms with Gasteiger partial charge in [-0.2, -0.15) is 4.98 Å². The highest BCUT2D eigenvalue weighted by Crippen LogP contribution is 2.12. The van der Waals surface area contributed by atoms with Crippen molar-refractivity contribution in [3.63, 3.8) is 0 Å². The van der Waals surface area contributed by atoms with E-state index in [-0.39, 0.29) is 24.2 Å². The number of aromatic nitrogens is 1.